The molecule has 2 nitrogen and oxygen atoms in total. The van der Waals surface area contributed by atoms with E-state index in [4.69, 9.17) is 0 Å². The second-order valence-corrected chi connectivity index (χ2v) is 5.58. The van der Waals surface area contributed by atoms with Crippen LogP contribution < -0.4 is 0 Å². The first-order valence-corrected chi connectivity index (χ1v) is 7.27. The zero-order valence-corrected chi connectivity index (χ0v) is 12.5. The molecule has 2 rings (SSSR count). The molecular formula is C16H15FN2S. The third-order valence-corrected chi connectivity index (χ3v) is 4.42. The molecule has 0 unspecified atom stereocenters. The van der Waals surface area contributed by atoms with Gasteiger partial charge in [0.05, 0.1) is 5.56 Å². The minimum atomic E-state index is -0.223. The zero-order chi connectivity index (χ0) is 14.7. The van der Waals surface area contributed by atoms with E-state index in [0.29, 0.717) is 21.9 Å². The van der Waals surface area contributed by atoms with Gasteiger partial charge in [0.1, 0.15) is 16.9 Å². The molecule has 4 heteroatoms. The summed E-state index contributed by atoms with van der Waals surface area (Å²) in [6.45, 7) is 5.82. The highest BCUT2D eigenvalue weighted by molar-refractivity contribution is 7.98. The monoisotopic (exact) mass is 286 g/mol. The number of nitriles is 1. The Hall–Kier alpha value is -1.86. The Morgan fingerprint density at radius 3 is 2.55 bits per heavy atom. The third-order valence-electron chi connectivity index (χ3n) is 3.40. The van der Waals surface area contributed by atoms with E-state index in [9.17, 15) is 9.65 Å². The van der Waals surface area contributed by atoms with Crippen LogP contribution in [0.4, 0.5) is 4.39 Å². The minimum Gasteiger partial charge on any atom is -0.245 e. The summed E-state index contributed by atoms with van der Waals surface area (Å²) in [6, 6.07) is 8.88. The standard InChI is InChI=1S/C16H15FN2S/c1-10-11(2)14(8-18)16(19-12(10)3)20-9-13-6-4-5-7-15(13)17/h4-7H,9H2,1-3H3. The minimum absolute atomic E-state index is 0.223. The maximum Gasteiger partial charge on any atom is 0.127 e. The number of rotatable bonds is 3. The first-order valence-electron chi connectivity index (χ1n) is 6.28. The Balaban J connectivity index is 2.31. The van der Waals surface area contributed by atoms with E-state index in [1.165, 1.54) is 17.8 Å². The molecule has 20 heavy (non-hydrogen) atoms. The lowest BCUT2D eigenvalue weighted by Crippen LogP contribution is -1.99. The molecule has 0 aliphatic carbocycles. The van der Waals surface area contributed by atoms with Crippen LogP contribution in [-0.2, 0) is 5.75 Å². The van der Waals surface area contributed by atoms with Crippen molar-refractivity contribution in [2.24, 2.45) is 0 Å². The van der Waals surface area contributed by atoms with Crippen molar-refractivity contribution >= 4 is 11.8 Å². The molecule has 0 atom stereocenters. The van der Waals surface area contributed by atoms with Crippen molar-refractivity contribution in [1.29, 1.82) is 5.26 Å². The number of pyridine rings is 1. The van der Waals surface area contributed by atoms with E-state index in [-0.39, 0.29) is 5.82 Å². The van der Waals surface area contributed by atoms with Gasteiger partial charge in [0.15, 0.2) is 0 Å². The molecule has 2 aromatic rings. The lowest BCUT2D eigenvalue weighted by molar-refractivity contribution is 0.617. The summed E-state index contributed by atoms with van der Waals surface area (Å²) in [4.78, 5) is 4.47. The number of benzene rings is 1. The second kappa shape index (κ2) is 6.06. The van der Waals surface area contributed by atoms with Crippen LogP contribution in [0, 0.1) is 37.9 Å². The van der Waals surface area contributed by atoms with Gasteiger partial charge in [-0.2, -0.15) is 5.26 Å². The quantitative estimate of drug-likeness (QED) is 0.789. The van der Waals surface area contributed by atoms with Crippen LogP contribution >= 0.6 is 11.8 Å². The van der Waals surface area contributed by atoms with Gasteiger partial charge in [-0.1, -0.05) is 18.2 Å². The molecule has 0 saturated heterocycles. The summed E-state index contributed by atoms with van der Waals surface area (Å²) in [6.07, 6.45) is 0. The first kappa shape index (κ1) is 14.5. The fraction of sp³-hybridized carbons (Fsp3) is 0.250. The number of hydrogen-bond donors (Lipinski definition) is 0. The van der Waals surface area contributed by atoms with E-state index >= 15 is 0 Å². The maximum absolute atomic E-state index is 13.6. The van der Waals surface area contributed by atoms with E-state index in [2.05, 4.69) is 11.1 Å². The molecule has 0 saturated carbocycles. The van der Waals surface area contributed by atoms with E-state index in [1.54, 1.807) is 12.1 Å². The number of thioether (sulfide) groups is 1. The number of aryl methyl sites for hydroxylation is 1. The van der Waals surface area contributed by atoms with Crippen LogP contribution in [0.15, 0.2) is 29.3 Å². The predicted octanol–water partition coefficient (Wildman–Crippen LogP) is 4.31. The molecule has 102 valence electrons. The molecular weight excluding hydrogens is 271 g/mol. The van der Waals surface area contributed by atoms with Gasteiger partial charge in [-0.05, 0) is 43.5 Å². The fourth-order valence-corrected chi connectivity index (χ4v) is 2.98. The van der Waals surface area contributed by atoms with Crippen LogP contribution in [0.3, 0.4) is 0 Å². The van der Waals surface area contributed by atoms with Gasteiger partial charge in [0.25, 0.3) is 0 Å². The molecule has 0 radical (unpaired) electrons. The smallest absolute Gasteiger partial charge is 0.127 e. The van der Waals surface area contributed by atoms with Crippen molar-refractivity contribution in [3.8, 4) is 6.07 Å². The molecule has 0 spiro atoms. The normalized spacial score (nSPS) is 10.3. The van der Waals surface area contributed by atoms with Crippen LogP contribution in [-0.4, -0.2) is 4.98 Å². The predicted molar refractivity (Wildman–Crippen MR) is 79.1 cm³/mol. The van der Waals surface area contributed by atoms with Crippen molar-refractivity contribution in [2.75, 3.05) is 0 Å². The molecule has 1 aromatic heterocycles. The Labute approximate surface area is 122 Å². The van der Waals surface area contributed by atoms with Gasteiger partial charge < -0.3 is 0 Å². The van der Waals surface area contributed by atoms with Crippen molar-refractivity contribution in [2.45, 2.75) is 31.6 Å². The number of hydrogen-bond acceptors (Lipinski definition) is 3. The molecule has 0 aliphatic rings. The van der Waals surface area contributed by atoms with Crippen LogP contribution in [0.5, 0.6) is 0 Å². The summed E-state index contributed by atoms with van der Waals surface area (Å²) in [5.41, 5.74) is 4.12. The third kappa shape index (κ3) is 2.83. The molecule has 1 aromatic carbocycles. The summed E-state index contributed by atoms with van der Waals surface area (Å²) in [5.74, 6) is 0.245. The Bertz CT molecular complexity index is 690. The van der Waals surface area contributed by atoms with Crippen molar-refractivity contribution in [1.82, 2.24) is 4.98 Å². The number of aromatic nitrogens is 1. The van der Waals surface area contributed by atoms with E-state index < -0.39 is 0 Å². The van der Waals surface area contributed by atoms with E-state index in [1.807, 2.05) is 26.8 Å². The van der Waals surface area contributed by atoms with Crippen LogP contribution in [0.2, 0.25) is 0 Å². The summed E-state index contributed by atoms with van der Waals surface area (Å²) in [7, 11) is 0. The van der Waals surface area contributed by atoms with Crippen molar-refractivity contribution < 1.29 is 4.39 Å². The Kier molecular flexibility index (Phi) is 4.41. The van der Waals surface area contributed by atoms with Gasteiger partial charge in [-0.25, -0.2) is 9.37 Å². The summed E-state index contributed by atoms with van der Waals surface area (Å²) in [5, 5.41) is 9.97. The highest BCUT2D eigenvalue weighted by Crippen LogP contribution is 2.29. The van der Waals surface area contributed by atoms with Crippen molar-refractivity contribution in [3.05, 3.63) is 58.0 Å². The highest BCUT2D eigenvalue weighted by Gasteiger charge is 2.13. The van der Waals surface area contributed by atoms with Crippen molar-refractivity contribution in [3.63, 3.8) is 0 Å². The lowest BCUT2D eigenvalue weighted by atomic mass is 10.1. The molecule has 0 fully saturated rings. The first-order chi connectivity index (χ1) is 9.54. The lowest BCUT2D eigenvalue weighted by Gasteiger charge is -2.11. The maximum atomic E-state index is 13.6. The molecule has 0 N–H and O–H groups in total. The molecule has 0 amide bonds. The SMILES string of the molecule is Cc1nc(SCc2ccccc2F)c(C#N)c(C)c1C. The Morgan fingerprint density at radius 2 is 1.90 bits per heavy atom. The van der Waals surface area contributed by atoms with E-state index in [0.717, 1.165) is 16.8 Å². The average molecular weight is 286 g/mol. The highest BCUT2D eigenvalue weighted by atomic mass is 32.2. The van der Waals surface area contributed by atoms with Gasteiger partial charge in [-0.15, -0.1) is 11.8 Å². The van der Waals surface area contributed by atoms with Gasteiger partial charge in [-0.3, -0.25) is 0 Å². The summed E-state index contributed by atoms with van der Waals surface area (Å²) >= 11 is 1.40. The van der Waals surface area contributed by atoms with Crippen LogP contribution in [0.1, 0.15) is 27.9 Å². The average Bonchev–Trinajstić information content (AvgIpc) is 2.44. The number of nitrogens with zero attached hydrogens (tertiary/aromatic N) is 2. The molecule has 1 heterocycles. The Morgan fingerprint density at radius 1 is 1.20 bits per heavy atom. The van der Waals surface area contributed by atoms with Gasteiger partial charge in [0.2, 0.25) is 0 Å². The molecule has 0 aliphatic heterocycles. The van der Waals surface area contributed by atoms with Gasteiger partial charge in [0, 0.05) is 11.4 Å². The number of halogens is 1. The second-order valence-electron chi connectivity index (χ2n) is 4.62. The van der Waals surface area contributed by atoms with Gasteiger partial charge >= 0.3 is 0 Å². The van der Waals surface area contributed by atoms with Crippen LogP contribution in [0.25, 0.3) is 0 Å². The molecule has 0 bridgehead atoms. The summed E-state index contributed by atoms with van der Waals surface area (Å²) < 4.78 is 13.6. The topological polar surface area (TPSA) is 36.7 Å². The largest absolute Gasteiger partial charge is 0.245 e. The fourth-order valence-electron chi connectivity index (χ4n) is 1.91. The zero-order valence-electron chi connectivity index (χ0n) is 11.7.